The number of pyridine rings is 2. The number of fused-ring (bicyclic) bond motifs is 2. The average molecular weight is 363 g/mol. The summed E-state index contributed by atoms with van der Waals surface area (Å²) in [4.78, 5) is 24.1. The molecule has 0 aromatic carbocycles. The second-order valence-corrected chi connectivity index (χ2v) is 7.43. The molecule has 0 atom stereocenters. The maximum atomic E-state index is 11.6. The molecule has 0 saturated carbocycles. The van der Waals surface area contributed by atoms with Crippen LogP contribution in [-0.4, -0.2) is 32.5 Å². The molecule has 0 aliphatic carbocycles. The van der Waals surface area contributed by atoms with Gasteiger partial charge in [0.15, 0.2) is 0 Å². The molecule has 0 aliphatic rings. The fourth-order valence-electron chi connectivity index (χ4n) is 3.22. The fourth-order valence-corrected chi connectivity index (χ4v) is 3.22. The molecule has 138 valence electrons. The summed E-state index contributed by atoms with van der Waals surface area (Å²) in [7, 11) is 1.53. The molecule has 4 aromatic rings. The van der Waals surface area contributed by atoms with Gasteiger partial charge in [0.2, 0.25) is 0 Å². The van der Waals surface area contributed by atoms with Crippen LogP contribution in [0.5, 0.6) is 5.75 Å². The molecule has 0 unspecified atom stereocenters. The number of hydrogen-bond donors (Lipinski definition) is 2. The first-order chi connectivity index (χ1) is 12.9. The number of H-pyrrole nitrogens is 1. The maximum Gasteiger partial charge on any atom is 0.412 e. The summed E-state index contributed by atoms with van der Waals surface area (Å²) in [5, 5.41) is 3.54. The van der Waals surface area contributed by atoms with Crippen LogP contribution in [0.4, 0.5) is 4.79 Å². The van der Waals surface area contributed by atoms with Gasteiger partial charge in [0.1, 0.15) is 17.1 Å². The van der Waals surface area contributed by atoms with Crippen molar-refractivity contribution in [1.29, 1.82) is 0 Å². The molecule has 27 heavy (non-hydrogen) atoms. The van der Waals surface area contributed by atoms with Crippen molar-refractivity contribution in [3.63, 3.8) is 0 Å². The highest BCUT2D eigenvalue weighted by molar-refractivity contribution is 5.83. The minimum atomic E-state index is -0.508. The summed E-state index contributed by atoms with van der Waals surface area (Å²) < 4.78 is 7.25. The molecule has 7 heteroatoms. The monoisotopic (exact) mass is 363 g/mol. The molecule has 4 rings (SSSR count). The van der Waals surface area contributed by atoms with Gasteiger partial charge in [0, 0.05) is 24.0 Å². The van der Waals surface area contributed by atoms with Crippen LogP contribution in [0, 0.1) is 0 Å². The average Bonchev–Trinajstić information content (AvgIpc) is 3.24. The lowest BCUT2D eigenvalue weighted by atomic mass is 9.89. The second-order valence-electron chi connectivity index (χ2n) is 7.43. The SMILES string of the molecule is CNC(=O)Oc1ccc2nc(-c3cc4cc[nH]c4cn3)c(C(C)(C)C)n2c1. The molecule has 4 aromatic heterocycles. The third-order valence-corrected chi connectivity index (χ3v) is 4.40. The van der Waals surface area contributed by atoms with E-state index in [1.807, 2.05) is 35.0 Å². The molecule has 0 spiro atoms. The zero-order valence-electron chi connectivity index (χ0n) is 15.7. The molecule has 2 N–H and O–H groups in total. The standard InChI is InChI=1S/C20H21N5O2/c1-20(2,3)18-17(14-9-12-7-8-22-15(12)10-23-14)24-16-6-5-13(11-25(16)18)27-19(26)21-4/h5-11,22H,1-4H3,(H,21,26). The van der Waals surface area contributed by atoms with E-state index >= 15 is 0 Å². The van der Waals surface area contributed by atoms with Crippen molar-refractivity contribution >= 4 is 22.6 Å². The van der Waals surface area contributed by atoms with Gasteiger partial charge in [-0.3, -0.25) is 9.38 Å². The molecular weight excluding hydrogens is 342 g/mol. The van der Waals surface area contributed by atoms with Crippen LogP contribution in [0.25, 0.3) is 27.9 Å². The summed E-state index contributed by atoms with van der Waals surface area (Å²) in [6.45, 7) is 6.38. The van der Waals surface area contributed by atoms with Crippen molar-refractivity contribution in [2.75, 3.05) is 7.05 Å². The van der Waals surface area contributed by atoms with Gasteiger partial charge in [-0.05, 0) is 24.3 Å². The van der Waals surface area contributed by atoms with Crippen molar-refractivity contribution in [3.8, 4) is 17.1 Å². The van der Waals surface area contributed by atoms with E-state index in [2.05, 4.69) is 36.1 Å². The first-order valence-electron chi connectivity index (χ1n) is 8.72. The number of nitrogens with one attached hydrogen (secondary N) is 2. The predicted octanol–water partition coefficient (Wildman–Crippen LogP) is 3.89. The number of carbonyl (C=O) groups excluding carboxylic acids is 1. The molecular formula is C20H21N5O2. The van der Waals surface area contributed by atoms with E-state index in [0.29, 0.717) is 5.75 Å². The minimum absolute atomic E-state index is 0.199. The third-order valence-electron chi connectivity index (χ3n) is 4.40. The molecule has 0 saturated heterocycles. The first-order valence-corrected chi connectivity index (χ1v) is 8.72. The van der Waals surface area contributed by atoms with Gasteiger partial charge >= 0.3 is 6.09 Å². The van der Waals surface area contributed by atoms with Crippen molar-refractivity contribution in [3.05, 3.63) is 48.5 Å². The van der Waals surface area contributed by atoms with Crippen molar-refractivity contribution in [1.82, 2.24) is 24.7 Å². The summed E-state index contributed by atoms with van der Waals surface area (Å²) in [6, 6.07) is 7.62. The second kappa shape index (κ2) is 6.12. The van der Waals surface area contributed by atoms with Crippen LogP contribution in [0.1, 0.15) is 26.5 Å². The van der Waals surface area contributed by atoms with E-state index in [1.165, 1.54) is 7.05 Å². The lowest BCUT2D eigenvalue weighted by Gasteiger charge is -2.20. The van der Waals surface area contributed by atoms with Gasteiger partial charge in [0.05, 0.1) is 29.3 Å². The third kappa shape index (κ3) is 3.01. The van der Waals surface area contributed by atoms with E-state index in [1.54, 1.807) is 12.3 Å². The van der Waals surface area contributed by atoms with Gasteiger partial charge in [-0.25, -0.2) is 9.78 Å². The molecule has 0 bridgehead atoms. The van der Waals surface area contributed by atoms with Gasteiger partial charge < -0.3 is 15.0 Å². The van der Waals surface area contributed by atoms with Crippen molar-refractivity contribution in [2.45, 2.75) is 26.2 Å². The maximum absolute atomic E-state index is 11.6. The minimum Gasteiger partial charge on any atom is -0.409 e. The van der Waals surface area contributed by atoms with E-state index in [9.17, 15) is 4.79 Å². The van der Waals surface area contributed by atoms with Gasteiger partial charge in [0.25, 0.3) is 0 Å². The van der Waals surface area contributed by atoms with Crippen LogP contribution >= 0.6 is 0 Å². The van der Waals surface area contributed by atoms with Gasteiger partial charge in [-0.15, -0.1) is 0 Å². The number of imidazole rings is 1. The predicted molar refractivity (Wildman–Crippen MR) is 104 cm³/mol. The van der Waals surface area contributed by atoms with Crippen LogP contribution in [0.3, 0.4) is 0 Å². The van der Waals surface area contributed by atoms with Crippen LogP contribution in [0.2, 0.25) is 0 Å². The molecule has 1 amide bonds. The summed E-state index contributed by atoms with van der Waals surface area (Å²) in [6.07, 6.45) is 5.00. The van der Waals surface area contributed by atoms with E-state index < -0.39 is 6.09 Å². The van der Waals surface area contributed by atoms with Crippen LogP contribution < -0.4 is 10.1 Å². The highest BCUT2D eigenvalue weighted by Crippen LogP contribution is 2.34. The van der Waals surface area contributed by atoms with Crippen molar-refractivity contribution in [2.24, 2.45) is 0 Å². The number of aromatic nitrogens is 4. The Hall–Kier alpha value is -3.35. The Bertz CT molecular complexity index is 1150. The normalized spacial score (nSPS) is 11.9. The molecule has 0 radical (unpaired) electrons. The van der Waals surface area contributed by atoms with E-state index in [0.717, 1.165) is 33.6 Å². The zero-order chi connectivity index (χ0) is 19.2. The lowest BCUT2D eigenvalue weighted by molar-refractivity contribution is 0.202. The molecule has 4 heterocycles. The van der Waals surface area contributed by atoms with Crippen molar-refractivity contribution < 1.29 is 9.53 Å². The Morgan fingerprint density at radius 2 is 2.07 bits per heavy atom. The Morgan fingerprint density at radius 3 is 2.81 bits per heavy atom. The van der Waals surface area contributed by atoms with Gasteiger partial charge in [-0.1, -0.05) is 20.8 Å². The van der Waals surface area contributed by atoms with E-state index in [-0.39, 0.29) is 5.41 Å². The Morgan fingerprint density at radius 1 is 1.26 bits per heavy atom. The van der Waals surface area contributed by atoms with Crippen LogP contribution in [-0.2, 0) is 5.41 Å². The quantitative estimate of drug-likeness (QED) is 0.566. The largest absolute Gasteiger partial charge is 0.412 e. The number of aromatic amines is 1. The van der Waals surface area contributed by atoms with Gasteiger partial charge in [-0.2, -0.15) is 0 Å². The zero-order valence-corrected chi connectivity index (χ0v) is 15.7. The number of carbonyl (C=O) groups is 1. The number of hydrogen-bond acceptors (Lipinski definition) is 4. The highest BCUT2D eigenvalue weighted by atomic mass is 16.6. The highest BCUT2D eigenvalue weighted by Gasteiger charge is 2.26. The fraction of sp³-hybridized carbons (Fsp3) is 0.250. The Balaban J connectivity index is 1.92. The topological polar surface area (TPSA) is 84.3 Å². The number of rotatable bonds is 2. The summed E-state index contributed by atoms with van der Waals surface area (Å²) in [5.41, 5.74) is 4.19. The Labute approximate surface area is 156 Å². The number of nitrogens with zero attached hydrogens (tertiary/aromatic N) is 3. The Kier molecular flexibility index (Phi) is 3.87. The van der Waals surface area contributed by atoms with Crippen LogP contribution in [0.15, 0.2) is 42.9 Å². The molecule has 0 fully saturated rings. The summed E-state index contributed by atoms with van der Waals surface area (Å²) >= 11 is 0. The van der Waals surface area contributed by atoms with E-state index in [4.69, 9.17) is 9.72 Å². The number of ether oxygens (including phenoxy) is 1. The smallest absolute Gasteiger partial charge is 0.409 e. The molecule has 0 aliphatic heterocycles. The molecule has 7 nitrogen and oxygen atoms in total. The number of amides is 1. The summed E-state index contributed by atoms with van der Waals surface area (Å²) in [5.74, 6) is 0.449. The lowest BCUT2D eigenvalue weighted by Crippen LogP contribution is -2.22. The first kappa shape index (κ1) is 17.1.